The molecule has 5 aromatic rings. The lowest BCUT2D eigenvalue weighted by Gasteiger charge is -2.19. The lowest BCUT2D eigenvalue weighted by atomic mass is 9.91. The van der Waals surface area contributed by atoms with Crippen LogP contribution in [0.3, 0.4) is 0 Å². The molecule has 0 amide bonds. The summed E-state index contributed by atoms with van der Waals surface area (Å²) in [5.41, 5.74) is 4.41. The van der Waals surface area contributed by atoms with E-state index in [1.54, 1.807) is 11.8 Å². The molecule has 0 aliphatic rings. The van der Waals surface area contributed by atoms with E-state index in [4.69, 9.17) is 4.74 Å². The van der Waals surface area contributed by atoms with Crippen LogP contribution in [0.5, 0.6) is 5.75 Å². The maximum atomic E-state index is 5.34. The predicted molar refractivity (Wildman–Crippen MR) is 121 cm³/mol. The number of benzene rings is 3. The molecule has 2 N–H and O–H groups in total. The molecule has 3 aromatic carbocycles. The monoisotopic (exact) mass is 410 g/mol. The number of H-pyrrole nitrogens is 1. The summed E-state index contributed by atoms with van der Waals surface area (Å²) in [6, 6.07) is 26.4. The number of rotatable bonds is 7. The molecule has 5 rings (SSSR count). The molecule has 0 bridgehead atoms. The Morgan fingerprint density at radius 1 is 0.968 bits per heavy atom. The number of nitrogens with zero attached hydrogens (tertiary/aromatic N) is 4. The number of nitrogens with one attached hydrogen (secondary N) is 2. The van der Waals surface area contributed by atoms with Gasteiger partial charge >= 0.3 is 0 Å². The highest BCUT2D eigenvalue weighted by molar-refractivity contribution is 5.84. The van der Waals surface area contributed by atoms with Crippen molar-refractivity contribution in [1.29, 1.82) is 0 Å². The Hall–Kier alpha value is -4.13. The van der Waals surface area contributed by atoms with E-state index in [1.165, 1.54) is 16.5 Å². The average molecular weight is 410 g/mol. The normalized spacial score (nSPS) is 12.0. The molecule has 7 heteroatoms. The van der Waals surface area contributed by atoms with Crippen molar-refractivity contribution >= 4 is 16.9 Å². The summed E-state index contributed by atoms with van der Waals surface area (Å²) in [5, 5.41) is 16.9. The number of tetrazole rings is 1. The van der Waals surface area contributed by atoms with Gasteiger partial charge in [0, 0.05) is 29.6 Å². The molecule has 31 heavy (non-hydrogen) atoms. The molecular formula is C24H22N6O. The lowest BCUT2D eigenvalue weighted by Crippen LogP contribution is -2.16. The van der Waals surface area contributed by atoms with Gasteiger partial charge in [-0.1, -0.05) is 53.6 Å². The third-order valence-electron chi connectivity index (χ3n) is 5.45. The predicted octanol–water partition coefficient (Wildman–Crippen LogP) is 4.40. The van der Waals surface area contributed by atoms with E-state index in [2.05, 4.69) is 62.4 Å². The summed E-state index contributed by atoms with van der Waals surface area (Å²) in [6.45, 7) is 0.626. The molecule has 0 aliphatic carbocycles. The first-order valence-electron chi connectivity index (χ1n) is 10.1. The fourth-order valence-corrected chi connectivity index (χ4v) is 3.86. The van der Waals surface area contributed by atoms with E-state index in [0.29, 0.717) is 12.5 Å². The molecule has 0 aliphatic heterocycles. The van der Waals surface area contributed by atoms with Gasteiger partial charge in [-0.15, -0.1) is 0 Å². The van der Waals surface area contributed by atoms with Gasteiger partial charge in [0.15, 0.2) is 0 Å². The van der Waals surface area contributed by atoms with Crippen molar-refractivity contribution in [3.8, 4) is 11.4 Å². The number of hydrogen-bond acceptors (Lipinski definition) is 5. The first-order chi connectivity index (χ1) is 15.3. The summed E-state index contributed by atoms with van der Waals surface area (Å²) < 4.78 is 7.05. The van der Waals surface area contributed by atoms with Gasteiger partial charge < -0.3 is 15.0 Å². The Bertz CT molecular complexity index is 1280. The minimum atomic E-state index is 0.0861. The first-order valence-corrected chi connectivity index (χ1v) is 10.1. The van der Waals surface area contributed by atoms with Gasteiger partial charge in [-0.05, 0) is 51.9 Å². The maximum Gasteiger partial charge on any atom is 0.247 e. The van der Waals surface area contributed by atoms with Gasteiger partial charge in [0.2, 0.25) is 5.95 Å². The number of aromatic nitrogens is 5. The van der Waals surface area contributed by atoms with Gasteiger partial charge in [-0.3, -0.25) is 0 Å². The zero-order valence-electron chi connectivity index (χ0n) is 17.1. The SMILES string of the molecule is COc1ccc(C(CNc2nnnn2-c2ccccc2)c2c[nH]c3ccccc23)cc1. The van der Waals surface area contributed by atoms with Crippen LogP contribution in [0, 0.1) is 0 Å². The highest BCUT2D eigenvalue weighted by Gasteiger charge is 2.20. The Labute approximate surface area is 179 Å². The van der Waals surface area contributed by atoms with Crippen LogP contribution in [0.1, 0.15) is 17.0 Å². The lowest BCUT2D eigenvalue weighted by molar-refractivity contribution is 0.414. The fraction of sp³-hybridized carbons (Fsp3) is 0.125. The van der Waals surface area contributed by atoms with Gasteiger partial charge in [-0.25, -0.2) is 0 Å². The molecule has 7 nitrogen and oxygen atoms in total. The summed E-state index contributed by atoms with van der Waals surface area (Å²) in [7, 11) is 1.68. The molecule has 2 aromatic heterocycles. The largest absolute Gasteiger partial charge is 0.497 e. The number of fused-ring (bicyclic) bond motifs is 1. The van der Waals surface area contributed by atoms with E-state index >= 15 is 0 Å². The van der Waals surface area contributed by atoms with Crippen molar-refractivity contribution in [2.24, 2.45) is 0 Å². The fourth-order valence-electron chi connectivity index (χ4n) is 3.86. The number of ether oxygens (including phenoxy) is 1. The third-order valence-corrected chi connectivity index (χ3v) is 5.45. The summed E-state index contributed by atoms with van der Waals surface area (Å²) in [6.07, 6.45) is 2.08. The van der Waals surface area contributed by atoms with Gasteiger partial charge in [0.1, 0.15) is 5.75 Å². The van der Waals surface area contributed by atoms with E-state index in [0.717, 1.165) is 17.0 Å². The zero-order valence-corrected chi connectivity index (χ0v) is 17.1. The molecule has 1 unspecified atom stereocenters. The number of hydrogen-bond donors (Lipinski definition) is 2. The number of anilines is 1. The molecule has 2 heterocycles. The number of aromatic amines is 1. The molecule has 0 spiro atoms. The minimum absolute atomic E-state index is 0.0861. The minimum Gasteiger partial charge on any atom is -0.497 e. The molecular weight excluding hydrogens is 388 g/mol. The van der Waals surface area contributed by atoms with Crippen LogP contribution in [0.2, 0.25) is 0 Å². The van der Waals surface area contributed by atoms with Crippen molar-refractivity contribution in [3.63, 3.8) is 0 Å². The third kappa shape index (κ3) is 3.73. The van der Waals surface area contributed by atoms with Crippen LogP contribution >= 0.6 is 0 Å². The van der Waals surface area contributed by atoms with Crippen LogP contribution in [0.15, 0.2) is 85.1 Å². The second-order valence-electron chi connectivity index (χ2n) is 7.25. The quantitative estimate of drug-likeness (QED) is 0.416. The maximum absolute atomic E-state index is 5.34. The van der Waals surface area contributed by atoms with Gasteiger partial charge in [0.05, 0.1) is 12.8 Å². The van der Waals surface area contributed by atoms with Crippen molar-refractivity contribution in [2.45, 2.75) is 5.92 Å². The molecule has 0 saturated carbocycles. The standard InChI is InChI=1S/C24H22N6O/c1-31-19-13-11-17(12-14-19)21(22-16-25-23-10-6-5-9-20(22)23)15-26-24-27-28-29-30(24)18-7-3-2-4-8-18/h2-14,16,21,25H,15H2,1H3,(H,26,27,29). The molecule has 0 fully saturated rings. The summed E-state index contributed by atoms with van der Waals surface area (Å²) in [4.78, 5) is 3.39. The average Bonchev–Trinajstić information content (AvgIpc) is 3.48. The van der Waals surface area contributed by atoms with E-state index < -0.39 is 0 Å². The van der Waals surface area contributed by atoms with Crippen molar-refractivity contribution in [2.75, 3.05) is 19.0 Å². The van der Waals surface area contributed by atoms with E-state index in [-0.39, 0.29) is 5.92 Å². The second kappa shape index (κ2) is 8.31. The second-order valence-corrected chi connectivity index (χ2v) is 7.25. The van der Waals surface area contributed by atoms with E-state index in [9.17, 15) is 0 Å². The summed E-state index contributed by atoms with van der Waals surface area (Å²) in [5.74, 6) is 1.52. The zero-order chi connectivity index (χ0) is 21.0. The molecule has 0 saturated heterocycles. The van der Waals surface area contributed by atoms with E-state index in [1.807, 2.05) is 48.5 Å². The van der Waals surface area contributed by atoms with Crippen LogP contribution < -0.4 is 10.1 Å². The first kappa shape index (κ1) is 18.9. The van der Waals surface area contributed by atoms with Crippen LogP contribution in [0.25, 0.3) is 16.6 Å². The number of para-hydroxylation sites is 2. The summed E-state index contributed by atoms with van der Waals surface area (Å²) >= 11 is 0. The van der Waals surface area contributed by atoms with Crippen molar-refractivity contribution in [3.05, 3.63) is 96.2 Å². The molecule has 154 valence electrons. The highest BCUT2D eigenvalue weighted by atomic mass is 16.5. The Morgan fingerprint density at radius 3 is 2.55 bits per heavy atom. The molecule has 0 radical (unpaired) electrons. The van der Waals surface area contributed by atoms with Crippen LogP contribution in [0.4, 0.5) is 5.95 Å². The number of methoxy groups -OCH3 is 1. The van der Waals surface area contributed by atoms with Crippen molar-refractivity contribution in [1.82, 2.24) is 25.2 Å². The smallest absolute Gasteiger partial charge is 0.247 e. The topological polar surface area (TPSA) is 80.7 Å². The van der Waals surface area contributed by atoms with Gasteiger partial charge in [-0.2, -0.15) is 4.68 Å². The van der Waals surface area contributed by atoms with Crippen molar-refractivity contribution < 1.29 is 4.74 Å². The Balaban J connectivity index is 1.49. The Morgan fingerprint density at radius 2 is 1.74 bits per heavy atom. The Kier molecular flexibility index (Phi) is 5.06. The van der Waals surface area contributed by atoms with Gasteiger partial charge in [0.25, 0.3) is 0 Å². The molecule has 1 atom stereocenters. The van der Waals surface area contributed by atoms with Crippen LogP contribution in [-0.4, -0.2) is 38.8 Å². The highest BCUT2D eigenvalue weighted by Crippen LogP contribution is 2.32. The van der Waals surface area contributed by atoms with Crippen LogP contribution in [-0.2, 0) is 0 Å².